The number of carboxylic acids is 1. The van der Waals surface area contributed by atoms with Crippen LogP contribution in [-0.4, -0.2) is 22.1 Å². The van der Waals surface area contributed by atoms with Crippen LogP contribution in [0.3, 0.4) is 0 Å². The highest BCUT2D eigenvalue weighted by atomic mass is 16.4. The zero-order valence-electron chi connectivity index (χ0n) is 11.4. The van der Waals surface area contributed by atoms with Crippen molar-refractivity contribution in [2.75, 3.05) is 5.73 Å². The molecular weight excluding hydrogens is 254 g/mol. The second-order valence-electron chi connectivity index (χ2n) is 5.64. The van der Waals surface area contributed by atoms with E-state index in [1.165, 1.54) is 18.4 Å². The normalized spacial score (nSPS) is 16.5. The predicted molar refractivity (Wildman–Crippen MR) is 78.7 cm³/mol. The van der Waals surface area contributed by atoms with Crippen molar-refractivity contribution in [2.24, 2.45) is 5.73 Å². The minimum atomic E-state index is -0.990. The molecule has 20 heavy (non-hydrogen) atoms. The summed E-state index contributed by atoms with van der Waals surface area (Å²) in [6.07, 6.45) is 2.66. The molecular formula is C15H19N3O2. The zero-order chi connectivity index (χ0) is 14.4. The van der Waals surface area contributed by atoms with Crippen molar-refractivity contribution in [3.63, 3.8) is 0 Å². The van der Waals surface area contributed by atoms with Gasteiger partial charge in [0.15, 0.2) is 0 Å². The Bertz CT molecular complexity index is 686. The Hall–Kier alpha value is -2.01. The highest BCUT2D eigenvalue weighted by Gasteiger charge is 2.27. The average Bonchev–Trinajstić information content (AvgIpc) is 3.16. The fourth-order valence-corrected chi connectivity index (χ4v) is 2.84. The fraction of sp³-hybridized carbons (Fsp3) is 0.400. The van der Waals surface area contributed by atoms with Crippen molar-refractivity contribution in [2.45, 2.75) is 38.1 Å². The lowest BCUT2D eigenvalue weighted by Gasteiger charge is -2.10. The number of carboxylic acid groups (broad SMARTS) is 1. The number of hydrogen-bond acceptors (Lipinski definition) is 3. The molecule has 2 aromatic rings. The Kier molecular flexibility index (Phi) is 2.94. The standard InChI is InChI=1S/C15H19N3O2/c1-7-10(6-11(16)15(19)20)13-12(18-7)5-4-9(14(13)17)8-2-3-8/h4-5,8,11,18H,2-3,6,16-17H2,1H3,(H,19,20). The molecule has 1 atom stereocenters. The third-order valence-corrected chi connectivity index (χ3v) is 4.11. The van der Waals surface area contributed by atoms with Crippen LogP contribution in [0.25, 0.3) is 10.9 Å². The molecule has 1 aromatic carbocycles. The van der Waals surface area contributed by atoms with Gasteiger partial charge in [-0.05, 0) is 42.9 Å². The van der Waals surface area contributed by atoms with Crippen LogP contribution in [0.4, 0.5) is 5.69 Å². The van der Waals surface area contributed by atoms with E-state index in [4.69, 9.17) is 16.6 Å². The van der Waals surface area contributed by atoms with Crippen LogP contribution < -0.4 is 11.5 Å². The van der Waals surface area contributed by atoms with Gasteiger partial charge >= 0.3 is 5.97 Å². The van der Waals surface area contributed by atoms with Crippen LogP contribution in [0.15, 0.2) is 12.1 Å². The number of aromatic nitrogens is 1. The molecule has 1 aliphatic carbocycles. The van der Waals surface area contributed by atoms with Crippen molar-refractivity contribution in [3.8, 4) is 0 Å². The summed E-state index contributed by atoms with van der Waals surface area (Å²) >= 11 is 0. The van der Waals surface area contributed by atoms with Gasteiger partial charge in [0.05, 0.1) is 0 Å². The number of aliphatic carboxylic acids is 1. The molecule has 0 amide bonds. The molecule has 6 N–H and O–H groups in total. The molecule has 0 radical (unpaired) electrons. The summed E-state index contributed by atoms with van der Waals surface area (Å²) < 4.78 is 0. The number of carbonyl (C=O) groups is 1. The maximum absolute atomic E-state index is 11.0. The van der Waals surface area contributed by atoms with Gasteiger partial charge in [0.25, 0.3) is 0 Å². The minimum absolute atomic E-state index is 0.291. The molecule has 0 aliphatic heterocycles. The Labute approximate surface area is 117 Å². The fourth-order valence-electron chi connectivity index (χ4n) is 2.84. The Balaban J connectivity index is 2.12. The van der Waals surface area contributed by atoms with E-state index < -0.39 is 12.0 Å². The number of nitrogens with one attached hydrogen (secondary N) is 1. The number of aryl methyl sites for hydroxylation is 1. The molecule has 3 rings (SSSR count). The number of nitrogen functional groups attached to an aromatic ring is 1. The Morgan fingerprint density at radius 2 is 2.20 bits per heavy atom. The number of benzene rings is 1. The topological polar surface area (TPSA) is 105 Å². The number of nitrogens with two attached hydrogens (primary N) is 2. The molecule has 5 heteroatoms. The summed E-state index contributed by atoms with van der Waals surface area (Å²) in [5.41, 5.74) is 16.8. The van der Waals surface area contributed by atoms with E-state index in [1.54, 1.807) is 0 Å². The van der Waals surface area contributed by atoms with Gasteiger partial charge < -0.3 is 21.6 Å². The van der Waals surface area contributed by atoms with Gasteiger partial charge in [0.1, 0.15) is 6.04 Å². The third kappa shape index (κ3) is 2.04. The highest BCUT2D eigenvalue weighted by molar-refractivity contribution is 5.97. The molecule has 0 bridgehead atoms. The molecule has 0 saturated heterocycles. The number of aromatic amines is 1. The van der Waals surface area contributed by atoms with Crippen molar-refractivity contribution >= 4 is 22.6 Å². The molecule has 106 valence electrons. The second-order valence-corrected chi connectivity index (χ2v) is 5.64. The van der Waals surface area contributed by atoms with Gasteiger partial charge in [-0.25, -0.2) is 0 Å². The predicted octanol–water partition coefficient (Wildman–Crippen LogP) is 1.89. The van der Waals surface area contributed by atoms with Crippen LogP contribution in [-0.2, 0) is 11.2 Å². The van der Waals surface area contributed by atoms with E-state index >= 15 is 0 Å². The summed E-state index contributed by atoms with van der Waals surface area (Å²) in [7, 11) is 0. The smallest absolute Gasteiger partial charge is 0.320 e. The maximum atomic E-state index is 11.0. The van der Waals surface area contributed by atoms with Crippen LogP contribution >= 0.6 is 0 Å². The first kappa shape index (κ1) is 13.0. The number of hydrogen-bond donors (Lipinski definition) is 4. The number of fused-ring (bicyclic) bond motifs is 1. The van der Waals surface area contributed by atoms with Gasteiger partial charge in [-0.15, -0.1) is 0 Å². The van der Waals surface area contributed by atoms with E-state index in [9.17, 15) is 4.79 Å². The monoisotopic (exact) mass is 273 g/mol. The van der Waals surface area contributed by atoms with Crippen molar-refractivity contribution in [1.82, 2.24) is 4.98 Å². The first-order valence-corrected chi connectivity index (χ1v) is 6.87. The van der Waals surface area contributed by atoms with Crippen molar-refractivity contribution in [1.29, 1.82) is 0 Å². The molecule has 1 saturated carbocycles. The summed E-state index contributed by atoms with van der Waals surface area (Å²) in [6.45, 7) is 1.93. The van der Waals surface area contributed by atoms with Crippen LogP contribution in [0, 0.1) is 6.92 Å². The Morgan fingerprint density at radius 3 is 2.80 bits per heavy atom. The summed E-state index contributed by atoms with van der Waals surface area (Å²) in [6, 6.07) is 3.20. The lowest BCUT2D eigenvalue weighted by atomic mass is 9.98. The first-order chi connectivity index (χ1) is 9.49. The van der Waals surface area contributed by atoms with Gasteiger partial charge in [0.2, 0.25) is 0 Å². The van der Waals surface area contributed by atoms with Crippen molar-refractivity contribution < 1.29 is 9.90 Å². The zero-order valence-corrected chi connectivity index (χ0v) is 11.4. The molecule has 5 nitrogen and oxygen atoms in total. The van der Waals surface area contributed by atoms with E-state index in [0.29, 0.717) is 12.3 Å². The summed E-state index contributed by atoms with van der Waals surface area (Å²) in [5, 5.41) is 9.95. The largest absolute Gasteiger partial charge is 0.480 e. The maximum Gasteiger partial charge on any atom is 0.320 e. The quantitative estimate of drug-likeness (QED) is 0.638. The summed E-state index contributed by atoms with van der Waals surface area (Å²) in [4.78, 5) is 14.2. The van der Waals surface area contributed by atoms with Crippen LogP contribution in [0.2, 0.25) is 0 Å². The highest BCUT2D eigenvalue weighted by Crippen LogP contribution is 2.45. The SMILES string of the molecule is Cc1[nH]c2ccc(C3CC3)c(N)c2c1CC(N)C(=O)O. The number of rotatable bonds is 4. The van der Waals surface area contributed by atoms with Gasteiger partial charge in [-0.3, -0.25) is 4.79 Å². The molecule has 0 spiro atoms. The first-order valence-electron chi connectivity index (χ1n) is 6.87. The lowest BCUT2D eigenvalue weighted by molar-refractivity contribution is -0.138. The van der Waals surface area contributed by atoms with E-state index in [-0.39, 0.29) is 0 Å². The van der Waals surface area contributed by atoms with Gasteiger partial charge in [0, 0.05) is 28.7 Å². The van der Waals surface area contributed by atoms with Crippen LogP contribution in [0.1, 0.15) is 35.6 Å². The van der Waals surface area contributed by atoms with E-state index in [1.807, 2.05) is 13.0 Å². The van der Waals surface area contributed by atoms with Crippen molar-refractivity contribution in [3.05, 3.63) is 29.0 Å². The lowest BCUT2D eigenvalue weighted by Crippen LogP contribution is -2.32. The third-order valence-electron chi connectivity index (χ3n) is 4.11. The van der Waals surface area contributed by atoms with E-state index in [0.717, 1.165) is 27.8 Å². The number of anilines is 1. The molecule has 1 fully saturated rings. The molecule has 1 aromatic heterocycles. The molecule has 1 heterocycles. The Morgan fingerprint density at radius 1 is 1.50 bits per heavy atom. The van der Waals surface area contributed by atoms with Gasteiger partial charge in [-0.1, -0.05) is 6.07 Å². The molecule has 1 unspecified atom stereocenters. The average molecular weight is 273 g/mol. The second kappa shape index (κ2) is 4.52. The minimum Gasteiger partial charge on any atom is -0.480 e. The number of H-pyrrole nitrogens is 1. The molecule has 1 aliphatic rings. The summed E-state index contributed by atoms with van der Waals surface area (Å²) in [5.74, 6) is -0.425. The van der Waals surface area contributed by atoms with Crippen LogP contribution in [0.5, 0.6) is 0 Å². The van der Waals surface area contributed by atoms with Gasteiger partial charge in [-0.2, -0.15) is 0 Å². The van der Waals surface area contributed by atoms with E-state index in [2.05, 4.69) is 11.1 Å².